The minimum absolute atomic E-state index is 0.419. The number of para-hydroxylation sites is 1. The molecule has 0 aliphatic carbocycles. The third kappa shape index (κ3) is 13.4. The Balaban J connectivity index is 1.90. The van der Waals surface area contributed by atoms with Crippen molar-refractivity contribution in [1.82, 2.24) is 0 Å². The molecule has 36 heavy (non-hydrogen) atoms. The fourth-order valence-electron chi connectivity index (χ4n) is 4.87. The van der Waals surface area contributed by atoms with Crippen LogP contribution in [0.1, 0.15) is 128 Å². The first-order valence-corrected chi connectivity index (χ1v) is 15.3. The molecule has 2 nitrogen and oxygen atoms in total. The molecule has 0 radical (unpaired) electrons. The van der Waals surface area contributed by atoms with Crippen molar-refractivity contribution in [3.8, 4) is 5.75 Å². The third-order valence-corrected chi connectivity index (χ3v) is 7.22. The van der Waals surface area contributed by atoms with Gasteiger partial charge in [0.2, 0.25) is 0 Å². The zero-order chi connectivity index (χ0) is 25.7. The maximum atomic E-state index is 6.22. The number of rotatable bonds is 20. The van der Waals surface area contributed by atoms with Crippen molar-refractivity contribution in [3.05, 3.63) is 59.7 Å². The number of aryl methyl sites for hydroxylation is 1. The van der Waals surface area contributed by atoms with Gasteiger partial charge in [-0.25, -0.2) is 0 Å². The van der Waals surface area contributed by atoms with Gasteiger partial charge in [0.05, 0.1) is 0 Å². The van der Waals surface area contributed by atoms with Crippen LogP contribution in [0.25, 0.3) is 0 Å². The van der Waals surface area contributed by atoms with Gasteiger partial charge in [-0.15, -0.1) is 0 Å². The lowest BCUT2D eigenvalue weighted by Crippen LogP contribution is -2.17. The minimum Gasteiger partial charge on any atom is -0.431 e. The van der Waals surface area contributed by atoms with Crippen molar-refractivity contribution in [2.24, 2.45) is 0 Å². The van der Waals surface area contributed by atoms with Crippen LogP contribution < -0.4 is 10.1 Å². The number of anilines is 1. The molecule has 0 amide bonds. The summed E-state index contributed by atoms with van der Waals surface area (Å²) in [5.74, 6) is 0.934. The second kappa shape index (κ2) is 20.2. The van der Waals surface area contributed by atoms with Crippen LogP contribution in [0.4, 0.5) is 5.69 Å². The lowest BCUT2D eigenvalue weighted by atomic mass is 9.95. The van der Waals surface area contributed by atoms with E-state index in [0.29, 0.717) is 5.17 Å². The number of ether oxygens (including phenoxy) is 1. The highest BCUT2D eigenvalue weighted by molar-refractivity contribution is 7.80. The summed E-state index contributed by atoms with van der Waals surface area (Å²) in [4.78, 5) is 0. The normalized spacial score (nSPS) is 10.9. The van der Waals surface area contributed by atoms with Gasteiger partial charge in [0.25, 0.3) is 5.17 Å². The summed E-state index contributed by atoms with van der Waals surface area (Å²) in [5.41, 5.74) is 3.77. The van der Waals surface area contributed by atoms with Crippen molar-refractivity contribution in [2.75, 3.05) is 5.32 Å². The number of hydrogen-bond acceptors (Lipinski definition) is 2. The van der Waals surface area contributed by atoms with Gasteiger partial charge in [0.15, 0.2) is 0 Å². The van der Waals surface area contributed by atoms with Crippen molar-refractivity contribution < 1.29 is 4.74 Å². The van der Waals surface area contributed by atoms with Crippen molar-refractivity contribution in [1.29, 1.82) is 0 Å². The standard InChI is InChI=1S/C33H51NOS/c1-3-5-7-9-11-13-15-18-23-29-24-22-28-32(35-33(36)34-30-25-19-17-20-26-30)31(29)27-21-16-14-12-10-8-6-4-2/h17,19-20,22,24-26,28H,3-16,18,21,23,27H2,1-2H3,(H,34,36). The van der Waals surface area contributed by atoms with Crippen LogP contribution in [0.5, 0.6) is 5.75 Å². The van der Waals surface area contributed by atoms with E-state index < -0.39 is 0 Å². The molecule has 2 aromatic rings. The Labute approximate surface area is 227 Å². The van der Waals surface area contributed by atoms with E-state index in [1.54, 1.807) is 0 Å². The molecular weight excluding hydrogens is 458 g/mol. The van der Waals surface area contributed by atoms with E-state index in [-0.39, 0.29) is 0 Å². The molecule has 1 N–H and O–H groups in total. The number of benzene rings is 2. The predicted octanol–water partition coefficient (Wildman–Crippen LogP) is 10.8. The Morgan fingerprint density at radius 3 is 1.72 bits per heavy atom. The largest absolute Gasteiger partial charge is 0.431 e. The zero-order valence-corrected chi connectivity index (χ0v) is 24.0. The molecule has 200 valence electrons. The summed E-state index contributed by atoms with van der Waals surface area (Å²) < 4.78 is 6.22. The van der Waals surface area contributed by atoms with E-state index in [4.69, 9.17) is 17.0 Å². The predicted molar refractivity (Wildman–Crippen MR) is 162 cm³/mol. The van der Waals surface area contributed by atoms with Crippen molar-refractivity contribution in [3.63, 3.8) is 0 Å². The second-order valence-corrected chi connectivity index (χ2v) is 10.6. The van der Waals surface area contributed by atoms with Gasteiger partial charge in [0.1, 0.15) is 5.75 Å². The number of nitrogens with one attached hydrogen (secondary N) is 1. The number of thiocarbonyl (C=S) groups is 1. The Bertz CT molecular complexity index is 820. The Morgan fingerprint density at radius 2 is 1.14 bits per heavy atom. The van der Waals surface area contributed by atoms with Gasteiger partial charge < -0.3 is 10.1 Å². The lowest BCUT2D eigenvalue weighted by Gasteiger charge is -2.17. The minimum atomic E-state index is 0.419. The molecule has 0 unspecified atom stereocenters. The average molecular weight is 510 g/mol. The van der Waals surface area contributed by atoms with Gasteiger partial charge in [-0.3, -0.25) is 0 Å². The van der Waals surface area contributed by atoms with E-state index >= 15 is 0 Å². The third-order valence-electron chi connectivity index (χ3n) is 7.03. The van der Waals surface area contributed by atoms with Crippen molar-refractivity contribution in [2.45, 2.75) is 129 Å². The Kier molecular flexibility index (Phi) is 17.0. The van der Waals surface area contributed by atoms with E-state index in [2.05, 4.69) is 37.4 Å². The van der Waals surface area contributed by atoms with Crippen LogP contribution in [0.3, 0.4) is 0 Å². The summed E-state index contributed by atoms with van der Waals surface area (Å²) in [6.45, 7) is 4.57. The first-order chi connectivity index (χ1) is 17.7. The van der Waals surface area contributed by atoms with Crippen molar-refractivity contribution >= 4 is 23.1 Å². The molecule has 3 heteroatoms. The Hall–Kier alpha value is -1.87. The molecule has 0 fully saturated rings. The quantitative estimate of drug-likeness (QED) is 0.142. The fourth-order valence-corrected chi connectivity index (χ4v) is 5.08. The van der Waals surface area contributed by atoms with E-state index in [1.165, 1.54) is 114 Å². The molecule has 0 bridgehead atoms. The monoisotopic (exact) mass is 509 g/mol. The van der Waals surface area contributed by atoms with Crippen LogP contribution >= 0.6 is 12.2 Å². The van der Waals surface area contributed by atoms with Gasteiger partial charge >= 0.3 is 0 Å². The summed E-state index contributed by atoms with van der Waals surface area (Å²) in [7, 11) is 0. The number of hydrogen-bond donors (Lipinski definition) is 1. The summed E-state index contributed by atoms with van der Waals surface area (Å²) in [6, 6.07) is 16.6. The molecule has 2 rings (SSSR count). The van der Waals surface area contributed by atoms with Gasteiger partial charge in [-0.2, -0.15) is 0 Å². The molecular formula is C33H51NOS. The molecule has 0 aliphatic heterocycles. The highest BCUT2D eigenvalue weighted by atomic mass is 32.1. The molecule has 0 aromatic heterocycles. The first kappa shape index (κ1) is 30.4. The van der Waals surface area contributed by atoms with Gasteiger partial charge in [0, 0.05) is 5.69 Å². The van der Waals surface area contributed by atoms with Crippen LogP contribution in [-0.2, 0) is 12.8 Å². The van der Waals surface area contributed by atoms with Crippen LogP contribution in [0.2, 0.25) is 0 Å². The first-order valence-electron chi connectivity index (χ1n) is 14.9. The van der Waals surface area contributed by atoms with Crippen LogP contribution in [0.15, 0.2) is 48.5 Å². The average Bonchev–Trinajstić information content (AvgIpc) is 2.89. The Morgan fingerprint density at radius 1 is 0.611 bits per heavy atom. The molecule has 0 atom stereocenters. The van der Waals surface area contributed by atoms with Gasteiger partial charge in [-0.05, 0) is 67.2 Å². The number of unbranched alkanes of at least 4 members (excludes halogenated alkanes) is 14. The van der Waals surface area contributed by atoms with E-state index in [9.17, 15) is 0 Å². The highest BCUT2D eigenvalue weighted by Gasteiger charge is 2.12. The maximum Gasteiger partial charge on any atom is 0.266 e. The smallest absolute Gasteiger partial charge is 0.266 e. The lowest BCUT2D eigenvalue weighted by molar-refractivity contribution is 0.540. The molecule has 0 heterocycles. The molecule has 0 spiro atoms. The maximum absolute atomic E-state index is 6.22. The molecule has 0 saturated heterocycles. The SMILES string of the molecule is CCCCCCCCCCc1cccc(OC(=S)Nc2ccccc2)c1CCCCCCCCCC. The zero-order valence-electron chi connectivity index (χ0n) is 23.2. The second-order valence-electron chi connectivity index (χ2n) is 10.2. The summed E-state index contributed by atoms with van der Waals surface area (Å²) in [5, 5.41) is 3.65. The topological polar surface area (TPSA) is 21.3 Å². The highest BCUT2D eigenvalue weighted by Crippen LogP contribution is 2.27. The van der Waals surface area contributed by atoms with E-state index in [1.807, 2.05) is 30.3 Å². The summed E-state index contributed by atoms with van der Waals surface area (Å²) in [6.07, 6.45) is 23.7. The summed E-state index contributed by atoms with van der Waals surface area (Å²) >= 11 is 5.56. The molecule has 0 saturated carbocycles. The fraction of sp³-hybridized carbons (Fsp3) is 0.606. The molecule has 2 aromatic carbocycles. The van der Waals surface area contributed by atoms with Gasteiger partial charge in [-0.1, -0.05) is 134 Å². The molecule has 0 aliphatic rings. The van der Waals surface area contributed by atoms with E-state index in [0.717, 1.165) is 24.3 Å². The van der Waals surface area contributed by atoms with Crippen LogP contribution in [-0.4, -0.2) is 5.17 Å². The van der Waals surface area contributed by atoms with Crippen LogP contribution in [0, 0.1) is 0 Å².